The molecule has 0 spiro atoms. The zero-order valence-corrected chi connectivity index (χ0v) is 49.4. The first-order valence-corrected chi connectivity index (χ1v) is 28.9. The summed E-state index contributed by atoms with van der Waals surface area (Å²) in [6, 6.07) is 18.1. The Morgan fingerprint density at radius 3 is 1.32 bits per heavy atom. The fraction of sp³-hybridized carbons (Fsp3) is 0.525. The molecule has 2 atom stereocenters. The number of benzene rings is 4. The third kappa shape index (κ3) is 16.5. The lowest BCUT2D eigenvalue weighted by atomic mass is 10.0. The van der Waals surface area contributed by atoms with Crippen molar-refractivity contribution in [2.24, 2.45) is 0 Å². The van der Waals surface area contributed by atoms with E-state index in [0.717, 1.165) is 35.5 Å². The Balaban J connectivity index is 0.000000295. The summed E-state index contributed by atoms with van der Waals surface area (Å²) in [4.78, 5) is 53.5. The highest BCUT2D eigenvalue weighted by molar-refractivity contribution is 6.74. The Morgan fingerprint density at radius 1 is 0.618 bits per heavy atom. The lowest BCUT2D eigenvalue weighted by Crippen LogP contribution is -2.56. The third-order valence-corrected chi connectivity index (χ3v) is 17.7. The Labute approximate surface area is 452 Å². The van der Waals surface area contributed by atoms with Crippen molar-refractivity contribution >= 4 is 31.9 Å². The van der Waals surface area contributed by atoms with E-state index in [1.807, 2.05) is 113 Å². The summed E-state index contributed by atoms with van der Waals surface area (Å²) in [5, 5.41) is 12.2. The molecular weight excluding hydrogens is 988 g/mol. The van der Waals surface area contributed by atoms with Gasteiger partial charge in [-0.3, -0.25) is 34.4 Å². The summed E-state index contributed by atoms with van der Waals surface area (Å²) in [6.45, 7) is 36.5. The van der Waals surface area contributed by atoms with E-state index < -0.39 is 31.4 Å². The third-order valence-electron chi connectivity index (χ3n) is 13.2. The molecule has 1 saturated heterocycles. The highest BCUT2D eigenvalue weighted by Crippen LogP contribution is 2.40. The number of amides is 4. The number of hydrazine groups is 2. The van der Waals surface area contributed by atoms with Crippen LogP contribution in [0.15, 0.2) is 60.7 Å². The van der Waals surface area contributed by atoms with Gasteiger partial charge in [-0.1, -0.05) is 55.2 Å². The Morgan fingerprint density at radius 2 is 0.987 bits per heavy atom. The van der Waals surface area contributed by atoms with Crippen LogP contribution >= 0.6 is 0 Å². The van der Waals surface area contributed by atoms with Crippen LogP contribution in [0, 0.1) is 41.5 Å². The quantitative estimate of drug-likeness (QED) is 0.113. The summed E-state index contributed by atoms with van der Waals surface area (Å²) < 4.78 is 44.5. The van der Waals surface area contributed by atoms with Gasteiger partial charge in [0.05, 0.1) is 31.5 Å². The van der Waals surface area contributed by atoms with Crippen LogP contribution in [0.2, 0.25) is 18.1 Å². The topological polar surface area (TPSA) is 174 Å². The number of fused-ring (bicyclic) bond motifs is 2. The van der Waals surface area contributed by atoms with Gasteiger partial charge in [0.2, 0.25) is 0 Å². The minimum absolute atomic E-state index is 0.0924. The predicted molar refractivity (Wildman–Crippen MR) is 298 cm³/mol. The Bertz CT molecular complexity index is 2620. The van der Waals surface area contributed by atoms with Gasteiger partial charge in [-0.2, -0.15) is 0 Å². The second-order valence-corrected chi connectivity index (χ2v) is 27.9. The van der Waals surface area contributed by atoms with Gasteiger partial charge in [0.1, 0.15) is 13.2 Å². The maximum absolute atomic E-state index is 13.5. The van der Waals surface area contributed by atoms with Crippen LogP contribution < -0.4 is 29.8 Å². The highest BCUT2D eigenvalue weighted by atomic mass is 28.4. The number of halogens is 1. The number of alkyl halides is 1. The maximum Gasteiger partial charge on any atom is 0.272 e. The van der Waals surface area contributed by atoms with Crippen LogP contribution in [0.3, 0.4) is 0 Å². The van der Waals surface area contributed by atoms with Crippen molar-refractivity contribution in [1.29, 1.82) is 0 Å². The first kappa shape index (κ1) is 62.5. The lowest BCUT2D eigenvalue weighted by molar-refractivity contribution is 0.0353. The molecule has 76 heavy (non-hydrogen) atoms. The van der Waals surface area contributed by atoms with E-state index in [0.29, 0.717) is 76.8 Å². The maximum atomic E-state index is 13.5. The van der Waals surface area contributed by atoms with E-state index >= 15 is 0 Å². The monoisotopic (exact) mass is 1070 g/mol. The molecule has 15 nitrogen and oxygen atoms in total. The van der Waals surface area contributed by atoms with Gasteiger partial charge in [-0.15, -0.1) is 0 Å². The molecule has 7 rings (SSSR count). The predicted octanol–water partition coefficient (Wildman–Crippen LogP) is 11.1. The van der Waals surface area contributed by atoms with Gasteiger partial charge >= 0.3 is 0 Å². The molecule has 0 radical (unpaired) electrons. The number of nitrogens with zero attached hydrogens (tertiary/aromatic N) is 2. The van der Waals surface area contributed by atoms with E-state index in [-0.39, 0.29) is 42.1 Å². The minimum Gasteiger partial charge on any atom is -0.486 e. The van der Waals surface area contributed by atoms with Crippen LogP contribution in [0.1, 0.15) is 150 Å². The van der Waals surface area contributed by atoms with Crippen molar-refractivity contribution < 1.29 is 56.8 Å². The molecular formula is C59H85FN4O11Si. The molecule has 3 aliphatic heterocycles. The van der Waals surface area contributed by atoms with Gasteiger partial charge in [0, 0.05) is 46.6 Å². The van der Waals surface area contributed by atoms with Gasteiger partial charge in [0.25, 0.3) is 23.6 Å². The van der Waals surface area contributed by atoms with Crippen molar-refractivity contribution in [3.05, 3.63) is 116 Å². The average Bonchev–Trinajstić information content (AvgIpc) is 3.94. The van der Waals surface area contributed by atoms with Gasteiger partial charge < -0.3 is 33.2 Å². The van der Waals surface area contributed by atoms with E-state index in [9.17, 15) is 28.7 Å². The minimum atomic E-state index is -1.94. The number of hydrogen-bond acceptors (Lipinski definition) is 11. The number of hydrogen-bond donors (Lipinski definition) is 3. The van der Waals surface area contributed by atoms with E-state index in [1.165, 1.54) is 22.9 Å². The molecule has 4 aromatic rings. The van der Waals surface area contributed by atoms with Crippen molar-refractivity contribution in [1.82, 2.24) is 20.9 Å². The molecule has 3 heterocycles. The van der Waals surface area contributed by atoms with Crippen LogP contribution in [-0.4, -0.2) is 117 Å². The van der Waals surface area contributed by atoms with Crippen molar-refractivity contribution in [3.8, 4) is 23.0 Å². The molecule has 0 aliphatic carbocycles. The molecule has 4 aromatic carbocycles. The molecule has 3 aliphatic rings. The summed E-state index contributed by atoms with van der Waals surface area (Å²) in [5.41, 5.74) is 11.3. The molecule has 0 saturated carbocycles. The first-order chi connectivity index (χ1) is 35.4. The van der Waals surface area contributed by atoms with Crippen molar-refractivity contribution in [2.75, 3.05) is 46.8 Å². The smallest absolute Gasteiger partial charge is 0.272 e. The number of nitrogens with one attached hydrogen (secondary N) is 2. The zero-order chi connectivity index (χ0) is 57.1. The second kappa shape index (κ2) is 26.4. The van der Waals surface area contributed by atoms with Gasteiger partial charge in [-0.05, 0) is 163 Å². The van der Waals surface area contributed by atoms with Crippen LogP contribution in [0.5, 0.6) is 23.0 Å². The SMILES string of the molecule is C1CCOC1.CF.Cc1cc(C)cc(C(=O)N(NC(=O)c2ccc3c(c2C)O[C@@H](CO)CO3)C(C)(C)C)c1.Cc1cc(C)cc(C(=O)N(NC(=O)c2ccc3c(c2C)O[C@@H](CO[Si](C)(C)C(C)(C)C)CO3)C(C)(C)C)c1. The zero-order valence-electron chi connectivity index (χ0n) is 48.4. The number of aliphatic hydroxyl groups is 1. The fourth-order valence-corrected chi connectivity index (χ4v) is 9.17. The first-order valence-electron chi connectivity index (χ1n) is 26.0. The largest absolute Gasteiger partial charge is 0.486 e. The number of carbonyl (C=O) groups is 4. The fourth-order valence-electron chi connectivity index (χ4n) is 8.14. The molecule has 0 bridgehead atoms. The Hall–Kier alpha value is -6.01. The molecule has 0 aromatic heterocycles. The number of aryl methyl sites for hydroxylation is 4. The van der Waals surface area contributed by atoms with E-state index in [4.69, 9.17) is 28.1 Å². The van der Waals surface area contributed by atoms with Crippen LogP contribution in [-0.2, 0) is 9.16 Å². The summed E-state index contributed by atoms with van der Waals surface area (Å²) >= 11 is 0. The number of rotatable bonds is 8. The van der Waals surface area contributed by atoms with Crippen LogP contribution in [0.25, 0.3) is 0 Å². The summed E-state index contributed by atoms with van der Waals surface area (Å²) in [7, 11) is -1.44. The van der Waals surface area contributed by atoms with Gasteiger partial charge in [0.15, 0.2) is 43.5 Å². The molecule has 0 unspecified atom stereocenters. The number of aliphatic hydroxyl groups excluding tert-OH is 1. The normalized spacial score (nSPS) is 15.8. The lowest BCUT2D eigenvalue weighted by Gasteiger charge is -2.38. The average molecular weight is 1070 g/mol. The molecule has 3 N–H and O–H groups in total. The standard InChI is InChI=1S/C30H44N2O5Si.C24H30N2O5.C4H8O.CH3F/c1-19-14-20(2)16-22(15-19)28(34)32(29(4,5)6)31-27(33)24-12-13-25-26(21(24)3)37-23(17-35-25)18-36-38(10,11)30(7,8)9;1-14-9-15(2)11-17(10-14)23(29)26(24(4,5)6)25-22(28)19-7-8-20-21(16(19)3)31-18(12-27)13-30-20;1-2-4-5-3-1;1-2/h12-16,23H,17-18H2,1-11H3,(H,31,33);7-11,18,27H,12-13H2,1-6H3,(H,25,28);1-4H2;1H3/t23-;18-;;/m10../s1. The van der Waals surface area contributed by atoms with Crippen LogP contribution in [0.4, 0.5) is 4.39 Å². The number of carbonyl (C=O) groups excluding carboxylic acids is 4. The molecule has 1 fully saturated rings. The molecule has 418 valence electrons. The molecule has 4 amide bonds. The van der Waals surface area contributed by atoms with E-state index in [1.54, 1.807) is 31.2 Å². The summed E-state index contributed by atoms with van der Waals surface area (Å²) in [6.07, 6.45) is 1.80. The van der Waals surface area contributed by atoms with Gasteiger partial charge in [-0.25, -0.2) is 10.0 Å². The van der Waals surface area contributed by atoms with Crippen molar-refractivity contribution in [3.63, 3.8) is 0 Å². The van der Waals surface area contributed by atoms with Crippen molar-refractivity contribution in [2.45, 2.75) is 158 Å². The summed E-state index contributed by atoms with van der Waals surface area (Å²) in [5.74, 6) is 0.721. The van der Waals surface area contributed by atoms with E-state index in [2.05, 4.69) is 44.7 Å². The second-order valence-electron chi connectivity index (χ2n) is 23.1. The number of ether oxygens (including phenoxy) is 5. The Kier molecular flexibility index (Phi) is 21.7. The highest BCUT2D eigenvalue weighted by Gasteiger charge is 2.39. The molecule has 17 heteroatoms.